The Morgan fingerprint density at radius 3 is 1.65 bits per heavy atom. The standard InChI is InChI=1S/C22H33N3O3S.C19H28N2OS/c26-13-9-23-22(28)24-11-7-17(8-12-24)20-14-18(15-29-20)21(27)25-10-3-5-16-4-1-2-6-19(16)25;22-19(21-11-3-5-14-4-1-2-6-17(14)21)16-12-18(23-13-16)15-7-9-20-10-8-15/h14-17,19,26H,1-13H2,(H,23,28);12-15,17,20H,1-11H2. The number of urea groups is 1. The van der Waals surface area contributed by atoms with E-state index in [1.54, 1.807) is 22.7 Å². The zero-order valence-corrected chi connectivity index (χ0v) is 32.7. The van der Waals surface area contributed by atoms with E-state index in [0.29, 0.717) is 42.3 Å². The highest BCUT2D eigenvalue weighted by Gasteiger charge is 2.38. The van der Waals surface area contributed by atoms with Crippen LogP contribution in [-0.4, -0.2) is 102 Å². The second kappa shape index (κ2) is 18.2. The van der Waals surface area contributed by atoms with Crippen LogP contribution in [0.25, 0.3) is 0 Å². The number of amides is 4. The minimum absolute atomic E-state index is 0.0349. The van der Waals surface area contributed by atoms with Crippen LogP contribution in [0.4, 0.5) is 4.79 Å². The lowest BCUT2D eigenvalue weighted by molar-refractivity contribution is 0.0386. The molecule has 4 amide bonds. The first-order valence-corrected chi connectivity index (χ1v) is 22.4. The van der Waals surface area contributed by atoms with E-state index in [0.717, 1.165) is 75.6 Å². The van der Waals surface area contributed by atoms with Crippen molar-refractivity contribution in [2.24, 2.45) is 11.8 Å². The summed E-state index contributed by atoms with van der Waals surface area (Å²) >= 11 is 3.50. The number of hydrogen-bond acceptors (Lipinski definition) is 7. The number of aliphatic hydroxyl groups excluding tert-OH is 1. The average Bonchev–Trinajstić information content (AvgIpc) is 3.91. The maximum atomic E-state index is 13.2. The van der Waals surface area contributed by atoms with Crippen molar-refractivity contribution in [2.75, 3.05) is 52.4 Å². The van der Waals surface area contributed by atoms with Gasteiger partial charge >= 0.3 is 6.03 Å². The van der Waals surface area contributed by atoms with Gasteiger partial charge in [0.15, 0.2) is 0 Å². The van der Waals surface area contributed by atoms with E-state index in [1.165, 1.54) is 93.2 Å². The topological polar surface area (TPSA) is 105 Å². The van der Waals surface area contributed by atoms with Crippen LogP contribution in [-0.2, 0) is 0 Å². The van der Waals surface area contributed by atoms with Gasteiger partial charge in [-0.1, -0.05) is 25.7 Å². The van der Waals surface area contributed by atoms with Crippen LogP contribution in [0.15, 0.2) is 22.9 Å². The van der Waals surface area contributed by atoms with Gasteiger partial charge in [0.2, 0.25) is 0 Å². The molecule has 0 aromatic carbocycles. The highest BCUT2D eigenvalue weighted by Crippen LogP contribution is 2.39. The van der Waals surface area contributed by atoms with E-state index in [4.69, 9.17) is 5.11 Å². The number of thiophene rings is 2. The van der Waals surface area contributed by atoms with E-state index < -0.39 is 0 Å². The third kappa shape index (κ3) is 8.90. The first kappa shape index (κ1) is 37.8. The molecule has 6 aliphatic rings. The lowest BCUT2D eigenvalue weighted by atomic mass is 9.78. The Morgan fingerprint density at radius 2 is 1.13 bits per heavy atom. The summed E-state index contributed by atoms with van der Waals surface area (Å²) in [6, 6.07) is 5.20. The van der Waals surface area contributed by atoms with Crippen LogP contribution < -0.4 is 10.6 Å². The first-order valence-electron chi connectivity index (χ1n) is 20.6. The van der Waals surface area contributed by atoms with Crippen LogP contribution in [0.2, 0.25) is 0 Å². The third-order valence-corrected chi connectivity index (χ3v) is 15.2. The van der Waals surface area contributed by atoms with E-state index in [2.05, 4.69) is 37.9 Å². The number of hydrogen-bond donors (Lipinski definition) is 3. The van der Waals surface area contributed by atoms with Crippen molar-refractivity contribution in [3.8, 4) is 0 Å². The van der Waals surface area contributed by atoms with Crippen LogP contribution in [0, 0.1) is 11.8 Å². The molecule has 2 aliphatic carbocycles. The quantitative estimate of drug-likeness (QED) is 0.285. The lowest BCUT2D eigenvalue weighted by Crippen LogP contribution is -2.49. The van der Waals surface area contributed by atoms with Gasteiger partial charge in [-0.05, 0) is 126 Å². The van der Waals surface area contributed by atoms with Gasteiger partial charge in [-0.25, -0.2) is 4.79 Å². The highest BCUT2D eigenvalue weighted by molar-refractivity contribution is 7.10. The Morgan fingerprint density at radius 1 is 0.654 bits per heavy atom. The van der Waals surface area contributed by atoms with Crippen LogP contribution in [0.3, 0.4) is 0 Å². The Labute approximate surface area is 318 Å². The first-order chi connectivity index (χ1) is 25.5. The molecular weight excluding hydrogens is 691 g/mol. The molecule has 6 heterocycles. The van der Waals surface area contributed by atoms with Gasteiger partial charge in [-0.2, -0.15) is 0 Å². The van der Waals surface area contributed by atoms with E-state index >= 15 is 0 Å². The molecule has 52 heavy (non-hydrogen) atoms. The molecule has 9 nitrogen and oxygen atoms in total. The minimum Gasteiger partial charge on any atom is -0.395 e. The summed E-state index contributed by atoms with van der Waals surface area (Å²) in [4.78, 5) is 47.3. The summed E-state index contributed by atoms with van der Waals surface area (Å²) in [5, 5.41) is 19.2. The number of nitrogens with one attached hydrogen (secondary N) is 2. The van der Waals surface area contributed by atoms with Gasteiger partial charge < -0.3 is 30.4 Å². The van der Waals surface area contributed by atoms with Gasteiger partial charge in [-0.3, -0.25) is 9.59 Å². The second-order valence-corrected chi connectivity index (χ2v) is 18.1. The predicted molar refractivity (Wildman–Crippen MR) is 210 cm³/mol. The van der Waals surface area contributed by atoms with Crippen molar-refractivity contribution in [1.29, 1.82) is 0 Å². The summed E-state index contributed by atoms with van der Waals surface area (Å²) < 4.78 is 0. The van der Waals surface area contributed by atoms with Gasteiger partial charge in [0.1, 0.15) is 0 Å². The molecule has 3 N–H and O–H groups in total. The minimum atomic E-state index is -0.0910. The van der Waals surface area contributed by atoms with E-state index in [-0.39, 0.29) is 18.5 Å². The molecule has 4 unspecified atom stereocenters. The van der Waals surface area contributed by atoms with Crippen molar-refractivity contribution in [3.63, 3.8) is 0 Å². The Bertz CT molecular complexity index is 1480. The van der Waals surface area contributed by atoms with Crippen LogP contribution in [0.5, 0.6) is 0 Å². The van der Waals surface area contributed by atoms with Crippen molar-refractivity contribution in [3.05, 3.63) is 43.8 Å². The van der Waals surface area contributed by atoms with Crippen molar-refractivity contribution in [2.45, 2.75) is 127 Å². The number of likely N-dealkylation sites (tertiary alicyclic amines) is 3. The Hall–Kier alpha value is -2.47. The molecule has 4 aliphatic heterocycles. The molecule has 2 saturated carbocycles. The molecule has 4 atom stereocenters. The fraction of sp³-hybridized carbons (Fsp3) is 0.732. The number of aliphatic hydroxyl groups is 1. The molecule has 2 aromatic heterocycles. The number of carbonyl (C=O) groups excluding carboxylic acids is 3. The Balaban J connectivity index is 0.000000166. The molecule has 8 rings (SSSR count). The molecule has 0 spiro atoms. The maximum Gasteiger partial charge on any atom is 0.317 e. The average molecular weight is 752 g/mol. The molecule has 0 bridgehead atoms. The second-order valence-electron chi connectivity index (χ2n) is 16.2. The number of fused-ring (bicyclic) bond motifs is 2. The zero-order valence-electron chi connectivity index (χ0n) is 31.1. The number of rotatable bonds is 6. The van der Waals surface area contributed by atoms with E-state index in [1.807, 2.05) is 10.3 Å². The summed E-state index contributed by atoms with van der Waals surface area (Å²) in [5.41, 5.74) is 1.81. The summed E-state index contributed by atoms with van der Waals surface area (Å²) in [5.74, 6) is 3.09. The SMILES string of the molecule is O=C(NCCO)N1CCC(c2cc(C(=O)N3CCCC4CCCCC43)cs2)CC1.O=C(c1csc(C2CCNCC2)c1)N1CCCC2CCCCC21. The maximum absolute atomic E-state index is 13.2. The molecular formula is C41H61N5O4S2. The molecule has 6 fully saturated rings. The van der Waals surface area contributed by atoms with Crippen molar-refractivity contribution < 1.29 is 19.5 Å². The van der Waals surface area contributed by atoms with Gasteiger partial charge in [0.25, 0.3) is 11.8 Å². The van der Waals surface area contributed by atoms with Gasteiger partial charge in [-0.15, -0.1) is 22.7 Å². The normalized spacial score (nSPS) is 27.2. The van der Waals surface area contributed by atoms with Crippen LogP contribution >= 0.6 is 22.7 Å². The molecule has 11 heteroatoms. The monoisotopic (exact) mass is 751 g/mol. The largest absolute Gasteiger partial charge is 0.395 e. The van der Waals surface area contributed by atoms with Gasteiger partial charge in [0, 0.05) is 65.3 Å². The summed E-state index contributed by atoms with van der Waals surface area (Å²) in [6.07, 6.45) is 19.5. The lowest BCUT2D eigenvalue weighted by Gasteiger charge is -2.44. The number of nitrogens with zero attached hydrogens (tertiary/aromatic N) is 3. The fourth-order valence-electron chi connectivity index (χ4n) is 10.2. The Kier molecular flexibility index (Phi) is 13.3. The van der Waals surface area contributed by atoms with Gasteiger partial charge in [0.05, 0.1) is 17.7 Å². The molecule has 286 valence electrons. The zero-order chi connectivity index (χ0) is 35.9. The van der Waals surface area contributed by atoms with Crippen molar-refractivity contribution in [1.82, 2.24) is 25.3 Å². The smallest absolute Gasteiger partial charge is 0.317 e. The molecule has 4 saturated heterocycles. The van der Waals surface area contributed by atoms with Crippen LogP contribution in [0.1, 0.15) is 145 Å². The summed E-state index contributed by atoms with van der Waals surface area (Å²) in [7, 11) is 0. The number of piperidine rings is 4. The highest BCUT2D eigenvalue weighted by atomic mass is 32.1. The fourth-order valence-corrected chi connectivity index (χ4v) is 12.3. The molecule has 2 aromatic rings. The third-order valence-electron chi connectivity index (χ3n) is 13.1. The molecule has 0 radical (unpaired) electrons. The predicted octanol–water partition coefficient (Wildman–Crippen LogP) is 7.43. The van der Waals surface area contributed by atoms with E-state index in [9.17, 15) is 14.4 Å². The number of carbonyl (C=O) groups is 3. The summed E-state index contributed by atoms with van der Waals surface area (Å²) in [6.45, 7) is 5.81. The van der Waals surface area contributed by atoms with Crippen molar-refractivity contribution >= 4 is 40.5 Å².